The van der Waals surface area contributed by atoms with E-state index in [0.29, 0.717) is 0 Å². The summed E-state index contributed by atoms with van der Waals surface area (Å²) in [4.78, 5) is 8.46. The summed E-state index contributed by atoms with van der Waals surface area (Å²) in [5, 5.41) is 0. The summed E-state index contributed by atoms with van der Waals surface area (Å²) < 4.78 is 7.88. The molecule has 0 rings (SSSR count). The fourth-order valence-corrected chi connectivity index (χ4v) is 0. The van der Waals surface area contributed by atoms with Crippen LogP contribution in [-0.4, -0.2) is 6.41 Å². The predicted molar refractivity (Wildman–Crippen MR) is 10.6 cm³/mol. The van der Waals surface area contributed by atoms with Crippen LogP contribution in [0.3, 0.4) is 0 Å². The van der Waals surface area contributed by atoms with E-state index < -0.39 is 0 Å². The number of carbonyl (C=O) groups excluding carboxylic acids is 1. The van der Waals surface area contributed by atoms with Crippen LogP contribution in [0.15, 0.2) is 0 Å². The number of hydrogen-bond acceptors (Lipinski definition) is 2. The van der Waals surface area contributed by atoms with Gasteiger partial charge >= 0.3 is 19.3 Å². The normalized spacial score (nSPS) is 3.60. The Balaban J connectivity index is 0. The second-order valence-corrected chi connectivity index (χ2v) is 0.118. The van der Waals surface area contributed by atoms with Crippen molar-refractivity contribution in [1.29, 1.82) is 0 Å². The molecule has 0 heterocycles. The SMILES string of the molecule is N[C-]=O.[O]=[Ni]. The molecular formula is CH2NNiO2-. The third-order valence-corrected chi connectivity index (χ3v) is 0. The zero-order valence-electron chi connectivity index (χ0n) is 2.21. The Hall–Kier alpha value is -0.236. The van der Waals surface area contributed by atoms with Gasteiger partial charge in [0.2, 0.25) is 0 Å². The van der Waals surface area contributed by atoms with Crippen molar-refractivity contribution in [2.24, 2.45) is 5.73 Å². The third kappa shape index (κ3) is 209. The molecule has 0 aliphatic carbocycles. The number of rotatable bonds is 0. The summed E-state index contributed by atoms with van der Waals surface area (Å²) in [6.45, 7) is 0. The summed E-state index contributed by atoms with van der Waals surface area (Å²) in [6.07, 6.45) is 1.00. The first-order valence-electron chi connectivity index (χ1n) is 0.622. The number of hydrogen-bond donors (Lipinski definition) is 1. The van der Waals surface area contributed by atoms with Crippen LogP contribution >= 0.6 is 0 Å². The van der Waals surface area contributed by atoms with Crippen molar-refractivity contribution in [3.05, 3.63) is 0 Å². The van der Waals surface area contributed by atoms with E-state index in [-0.39, 0.29) is 0 Å². The van der Waals surface area contributed by atoms with Crippen molar-refractivity contribution in [3.8, 4) is 0 Å². The van der Waals surface area contributed by atoms with Crippen molar-refractivity contribution in [1.82, 2.24) is 0 Å². The molecule has 3 nitrogen and oxygen atoms in total. The summed E-state index contributed by atoms with van der Waals surface area (Å²) >= 11 is 2.62. The van der Waals surface area contributed by atoms with Gasteiger partial charge in [0.1, 0.15) is 0 Å². The van der Waals surface area contributed by atoms with E-state index >= 15 is 0 Å². The van der Waals surface area contributed by atoms with E-state index in [1.165, 1.54) is 0 Å². The molecule has 0 saturated heterocycles. The molecule has 0 spiro atoms. The Labute approximate surface area is 37.1 Å². The van der Waals surface area contributed by atoms with Crippen molar-refractivity contribution in [2.45, 2.75) is 0 Å². The van der Waals surface area contributed by atoms with Gasteiger partial charge in [-0.05, 0) is 0 Å². The second kappa shape index (κ2) is 49.3. The van der Waals surface area contributed by atoms with Gasteiger partial charge in [-0.2, -0.15) is 6.41 Å². The van der Waals surface area contributed by atoms with Crippen molar-refractivity contribution >= 4 is 6.41 Å². The first-order valence-corrected chi connectivity index (χ1v) is 1.03. The first-order chi connectivity index (χ1) is 2.41. The van der Waals surface area contributed by atoms with Crippen LogP contribution in [0.1, 0.15) is 0 Å². The monoisotopic (exact) mass is 118 g/mol. The summed E-state index contributed by atoms with van der Waals surface area (Å²) in [5.74, 6) is 0. The fraction of sp³-hybridized carbons (Fsp3) is 0. The molecule has 0 saturated carbocycles. The Kier molecular flexibility index (Phi) is 87.1. The maximum absolute atomic E-state index is 8.46. The molecule has 2 N–H and O–H groups in total. The van der Waals surface area contributed by atoms with Crippen LogP contribution in [0.25, 0.3) is 0 Å². The van der Waals surface area contributed by atoms with E-state index in [0.717, 1.165) is 6.41 Å². The molecule has 34 valence electrons. The molecule has 4 heteroatoms. The van der Waals surface area contributed by atoms with Gasteiger partial charge in [0.25, 0.3) is 0 Å². The molecule has 0 unspecified atom stereocenters. The van der Waals surface area contributed by atoms with Crippen LogP contribution in [0.5, 0.6) is 0 Å². The van der Waals surface area contributed by atoms with Crippen molar-refractivity contribution in [2.75, 3.05) is 0 Å². The van der Waals surface area contributed by atoms with Gasteiger partial charge in [0.05, 0.1) is 0 Å². The predicted octanol–water partition coefficient (Wildman–Crippen LogP) is -1.11. The summed E-state index contributed by atoms with van der Waals surface area (Å²) in [5.41, 5.74) is 4.04. The van der Waals surface area contributed by atoms with Gasteiger partial charge in [0.15, 0.2) is 0 Å². The zero-order valence-corrected chi connectivity index (χ0v) is 3.20. The van der Waals surface area contributed by atoms with Gasteiger partial charge < -0.3 is 10.5 Å². The van der Waals surface area contributed by atoms with E-state index in [1.54, 1.807) is 0 Å². The fourth-order valence-electron chi connectivity index (χ4n) is 0. The summed E-state index contributed by atoms with van der Waals surface area (Å²) in [6, 6.07) is 0. The molecule has 0 bridgehead atoms. The van der Waals surface area contributed by atoms with Gasteiger partial charge in [0, 0.05) is 0 Å². The number of amides is 1. The Morgan fingerprint density at radius 2 is 1.60 bits per heavy atom. The van der Waals surface area contributed by atoms with E-state index in [9.17, 15) is 0 Å². The molecule has 0 aromatic heterocycles. The second-order valence-electron chi connectivity index (χ2n) is 0.118. The third-order valence-electron chi connectivity index (χ3n) is 0. The average molecular weight is 119 g/mol. The molecule has 5 heavy (non-hydrogen) atoms. The topological polar surface area (TPSA) is 60.2 Å². The first kappa shape index (κ1) is 8.83. The average Bonchev–Trinajstić information content (AvgIpc) is 1.46. The molecule has 0 aromatic carbocycles. The van der Waals surface area contributed by atoms with Gasteiger partial charge in [-0.25, -0.2) is 0 Å². The van der Waals surface area contributed by atoms with Crippen LogP contribution in [0, 0.1) is 0 Å². The quantitative estimate of drug-likeness (QED) is 0.249. The van der Waals surface area contributed by atoms with Crippen LogP contribution in [0.4, 0.5) is 0 Å². The molecular weight excluding hydrogens is 117 g/mol. The van der Waals surface area contributed by atoms with E-state index in [2.05, 4.69) is 21.1 Å². The van der Waals surface area contributed by atoms with E-state index in [4.69, 9.17) is 8.69 Å². The molecule has 0 atom stereocenters. The Morgan fingerprint density at radius 1 is 1.60 bits per heavy atom. The molecule has 0 aromatic rings. The standard InChI is InChI=1S/CH2NO.Ni.O/c2-1-3;;/h(H2,2,3);;/q-1;;. The van der Waals surface area contributed by atoms with Gasteiger partial charge in [-0.1, -0.05) is 0 Å². The zero-order chi connectivity index (χ0) is 4.71. The van der Waals surface area contributed by atoms with Gasteiger partial charge in [-0.15, -0.1) is 0 Å². The molecule has 0 radical (unpaired) electrons. The molecule has 0 aliphatic rings. The minimum atomic E-state index is 1.00. The van der Waals surface area contributed by atoms with Crippen LogP contribution in [-0.2, 0) is 24.1 Å². The van der Waals surface area contributed by atoms with Crippen molar-refractivity contribution in [3.63, 3.8) is 0 Å². The summed E-state index contributed by atoms with van der Waals surface area (Å²) in [7, 11) is 0. The molecule has 1 amide bonds. The molecule has 0 fully saturated rings. The Morgan fingerprint density at radius 3 is 1.60 bits per heavy atom. The van der Waals surface area contributed by atoms with Crippen molar-refractivity contribution < 1.29 is 24.1 Å². The van der Waals surface area contributed by atoms with Gasteiger partial charge in [-0.3, -0.25) is 0 Å². The number of nitrogens with two attached hydrogens (primary N) is 1. The Bertz CT molecular complexity index is 23.6. The van der Waals surface area contributed by atoms with E-state index in [1.807, 2.05) is 0 Å². The maximum atomic E-state index is 8.46. The number of primary amides is 1. The molecule has 0 aliphatic heterocycles. The van der Waals surface area contributed by atoms with Crippen LogP contribution in [0.2, 0.25) is 0 Å². The minimum absolute atomic E-state index is 1.00. The van der Waals surface area contributed by atoms with Crippen LogP contribution < -0.4 is 5.73 Å².